The Morgan fingerprint density at radius 1 is 0.736 bits per heavy atom. The average Bonchev–Trinajstić information content (AvgIpc) is 3.18. The second-order valence-corrected chi connectivity index (χ2v) is 16.0. The van der Waals surface area contributed by atoms with Crippen molar-refractivity contribution in [3.05, 3.63) is 114 Å². The first-order valence-corrected chi connectivity index (χ1v) is 19.4. The number of piperidine rings is 2. The van der Waals surface area contributed by atoms with Crippen LogP contribution in [0.3, 0.4) is 0 Å². The van der Waals surface area contributed by atoms with Gasteiger partial charge in [-0.2, -0.15) is 0 Å². The lowest BCUT2D eigenvalue weighted by molar-refractivity contribution is -0.120. The molecule has 0 saturated carbocycles. The largest absolute Gasteiger partial charge is 0.508 e. The Kier molecular flexibility index (Phi) is 8.98. The van der Waals surface area contributed by atoms with Crippen LogP contribution in [0.15, 0.2) is 97.1 Å². The van der Waals surface area contributed by atoms with E-state index in [0.29, 0.717) is 25.0 Å². The van der Waals surface area contributed by atoms with E-state index in [9.17, 15) is 14.7 Å². The van der Waals surface area contributed by atoms with E-state index in [-0.39, 0.29) is 29.5 Å². The molecule has 9 rings (SSSR count). The number of hydrogen-bond acceptors (Lipinski definition) is 7. The van der Waals surface area contributed by atoms with Gasteiger partial charge < -0.3 is 24.5 Å². The molecule has 274 valence electrons. The molecule has 2 N–H and O–H groups in total. The van der Waals surface area contributed by atoms with Crippen LogP contribution < -0.4 is 24.8 Å². The molecule has 9 nitrogen and oxygen atoms in total. The lowest BCUT2D eigenvalue weighted by Gasteiger charge is -2.55. The summed E-state index contributed by atoms with van der Waals surface area (Å²) in [5.74, 6) is 1.91. The lowest BCUT2D eigenvalue weighted by Crippen LogP contribution is -2.61. The van der Waals surface area contributed by atoms with E-state index in [1.54, 1.807) is 17.0 Å². The molecule has 53 heavy (non-hydrogen) atoms. The van der Waals surface area contributed by atoms with Gasteiger partial charge in [-0.1, -0.05) is 48.5 Å². The lowest BCUT2D eigenvalue weighted by atomic mass is 9.71. The molecule has 0 aliphatic carbocycles. The van der Waals surface area contributed by atoms with E-state index < -0.39 is 0 Å². The zero-order chi connectivity index (χ0) is 35.9. The maximum absolute atomic E-state index is 12.2. The molecule has 5 heterocycles. The molecule has 4 aromatic carbocycles. The molecule has 9 heteroatoms. The number of phenolic OH excluding ortho intramolecular Hbond substituents is 1. The monoisotopic (exact) mass is 711 g/mol. The van der Waals surface area contributed by atoms with Crippen molar-refractivity contribution in [1.29, 1.82) is 0 Å². The topological polar surface area (TPSA) is 88.6 Å². The number of aromatic hydroxyl groups is 1. The molecule has 0 bridgehead atoms. The highest BCUT2D eigenvalue weighted by molar-refractivity contribution is 6.05. The summed E-state index contributed by atoms with van der Waals surface area (Å²) in [4.78, 5) is 33.1. The fraction of sp³-hybridized carbons (Fsp3) is 0.409. The van der Waals surface area contributed by atoms with Gasteiger partial charge in [0.15, 0.2) is 0 Å². The smallest absolute Gasteiger partial charge is 0.328 e. The summed E-state index contributed by atoms with van der Waals surface area (Å²) in [6.45, 7) is 9.03. The van der Waals surface area contributed by atoms with Crippen LogP contribution >= 0.6 is 0 Å². The predicted molar refractivity (Wildman–Crippen MR) is 208 cm³/mol. The molecule has 1 spiro atoms. The standard InChI is InChI=1S/C44H49N5O4/c50-37-14-15-38-40(26-37)53-28-39(32-4-2-1-3-5-32)42(38)33-6-8-34(9-7-33)48-24-19-44(20-25-48)29-46(30-44)27-31-16-21-47(22-17-31)35-10-12-36(13-11-35)49-23-18-41(51)45-43(49)52/h1-15,26,31,39,42,50H,16-25,27-30H2,(H,45,51,52)/t39-,42-/m1/s1. The predicted octanol–water partition coefficient (Wildman–Crippen LogP) is 6.97. The number of nitrogens with one attached hydrogen (secondary N) is 1. The fourth-order valence-electron chi connectivity index (χ4n) is 9.67. The number of urea groups is 1. The Labute approximate surface area is 312 Å². The molecule has 4 fully saturated rings. The van der Waals surface area contributed by atoms with Crippen molar-refractivity contribution in [3.8, 4) is 11.5 Å². The summed E-state index contributed by atoms with van der Waals surface area (Å²) in [6, 6.07) is 33.4. The first-order chi connectivity index (χ1) is 25.9. The van der Waals surface area contributed by atoms with Crippen LogP contribution in [-0.2, 0) is 4.79 Å². The highest BCUT2D eigenvalue weighted by Crippen LogP contribution is 2.48. The van der Waals surface area contributed by atoms with E-state index in [1.807, 2.05) is 18.2 Å². The van der Waals surface area contributed by atoms with Gasteiger partial charge in [0.1, 0.15) is 11.5 Å². The van der Waals surface area contributed by atoms with Gasteiger partial charge in [-0.3, -0.25) is 15.0 Å². The summed E-state index contributed by atoms with van der Waals surface area (Å²) in [6.07, 6.45) is 5.26. The number of fused-ring (bicyclic) bond motifs is 1. The zero-order valence-electron chi connectivity index (χ0n) is 30.3. The number of imide groups is 1. The summed E-state index contributed by atoms with van der Waals surface area (Å²) in [5.41, 5.74) is 7.51. The van der Waals surface area contributed by atoms with Crippen LogP contribution in [0.25, 0.3) is 0 Å². The van der Waals surface area contributed by atoms with E-state index in [4.69, 9.17) is 4.74 Å². The molecular formula is C44H49N5O4. The number of amides is 3. The van der Waals surface area contributed by atoms with Crippen molar-refractivity contribution >= 4 is 29.0 Å². The molecule has 3 amide bonds. The van der Waals surface area contributed by atoms with Gasteiger partial charge in [0.05, 0.1) is 6.61 Å². The molecule has 2 atom stereocenters. The van der Waals surface area contributed by atoms with Gasteiger partial charge in [0.25, 0.3) is 0 Å². The van der Waals surface area contributed by atoms with Crippen LogP contribution in [0, 0.1) is 11.3 Å². The normalized spacial score (nSPS) is 23.3. The third-order valence-electron chi connectivity index (χ3n) is 12.7. The van der Waals surface area contributed by atoms with Gasteiger partial charge in [0.2, 0.25) is 5.91 Å². The highest BCUT2D eigenvalue weighted by Gasteiger charge is 2.45. The number of carbonyl (C=O) groups is 2. The Morgan fingerprint density at radius 2 is 1.40 bits per heavy atom. The van der Waals surface area contributed by atoms with Gasteiger partial charge in [-0.25, -0.2) is 4.79 Å². The number of hydrogen-bond donors (Lipinski definition) is 2. The molecule has 0 aromatic heterocycles. The van der Waals surface area contributed by atoms with E-state index >= 15 is 0 Å². The van der Waals surface area contributed by atoms with Crippen molar-refractivity contribution in [3.63, 3.8) is 0 Å². The minimum atomic E-state index is -0.335. The number of nitrogens with zero attached hydrogens (tertiary/aromatic N) is 4. The fourth-order valence-corrected chi connectivity index (χ4v) is 9.67. The Hall–Kier alpha value is -5.02. The Morgan fingerprint density at radius 3 is 2.09 bits per heavy atom. The maximum Gasteiger partial charge on any atom is 0.328 e. The number of phenols is 1. The SMILES string of the molecule is O=C1CCN(c2ccc(N3CCC(CN4CC5(CCN(c6ccc([C@@H]7c8ccc(O)cc8OC[C@@H]7c7ccccc7)cc6)CC5)C4)CC3)cc2)C(=O)N1. The van der Waals surface area contributed by atoms with Crippen molar-refractivity contribution in [1.82, 2.24) is 10.2 Å². The second-order valence-electron chi connectivity index (χ2n) is 16.0. The summed E-state index contributed by atoms with van der Waals surface area (Å²) in [7, 11) is 0. The zero-order valence-corrected chi connectivity index (χ0v) is 30.3. The van der Waals surface area contributed by atoms with Gasteiger partial charge >= 0.3 is 6.03 Å². The number of anilines is 3. The molecule has 5 aliphatic heterocycles. The van der Waals surface area contributed by atoms with E-state index in [0.717, 1.165) is 49.1 Å². The first-order valence-electron chi connectivity index (χ1n) is 19.4. The van der Waals surface area contributed by atoms with Crippen molar-refractivity contribution in [2.75, 3.05) is 73.7 Å². The van der Waals surface area contributed by atoms with Crippen molar-refractivity contribution in [2.45, 2.75) is 43.9 Å². The summed E-state index contributed by atoms with van der Waals surface area (Å²) in [5, 5.41) is 12.5. The van der Waals surface area contributed by atoms with Gasteiger partial charge in [-0.05, 0) is 90.6 Å². The molecule has 5 aliphatic rings. The van der Waals surface area contributed by atoms with Crippen molar-refractivity contribution < 1.29 is 19.4 Å². The van der Waals surface area contributed by atoms with Crippen LogP contribution in [0.1, 0.15) is 60.6 Å². The van der Waals surface area contributed by atoms with Gasteiger partial charge in [-0.15, -0.1) is 0 Å². The minimum Gasteiger partial charge on any atom is -0.508 e. The first kappa shape index (κ1) is 33.8. The highest BCUT2D eigenvalue weighted by atomic mass is 16.5. The van der Waals surface area contributed by atoms with Crippen LogP contribution in [0.4, 0.5) is 21.9 Å². The number of rotatable bonds is 7. The number of carbonyl (C=O) groups excluding carboxylic acids is 2. The molecule has 4 aromatic rings. The third-order valence-corrected chi connectivity index (χ3v) is 12.7. The molecular weight excluding hydrogens is 663 g/mol. The molecule has 0 radical (unpaired) electrons. The number of likely N-dealkylation sites (tertiary alicyclic amines) is 1. The number of benzene rings is 4. The van der Waals surface area contributed by atoms with E-state index in [1.165, 1.54) is 67.8 Å². The number of ether oxygens (including phenoxy) is 1. The quantitative estimate of drug-likeness (QED) is 0.214. The molecule has 0 unspecified atom stereocenters. The van der Waals surface area contributed by atoms with Crippen LogP contribution in [0.5, 0.6) is 11.5 Å². The van der Waals surface area contributed by atoms with Crippen molar-refractivity contribution in [2.24, 2.45) is 11.3 Å². The minimum absolute atomic E-state index is 0.158. The second kappa shape index (κ2) is 14.1. The van der Waals surface area contributed by atoms with E-state index in [2.05, 4.69) is 86.7 Å². The summed E-state index contributed by atoms with van der Waals surface area (Å²) < 4.78 is 6.18. The average molecular weight is 712 g/mol. The molecule has 4 saturated heterocycles. The van der Waals surface area contributed by atoms with Gasteiger partial charge in [0, 0.05) is 99.3 Å². The summed E-state index contributed by atoms with van der Waals surface area (Å²) >= 11 is 0. The van der Waals surface area contributed by atoms with Crippen LogP contribution in [0.2, 0.25) is 0 Å². The Bertz CT molecular complexity index is 1930. The Balaban J connectivity index is 0.757. The van der Waals surface area contributed by atoms with Crippen LogP contribution in [-0.4, -0.2) is 80.9 Å². The third kappa shape index (κ3) is 6.83. The maximum atomic E-state index is 12.2.